The van der Waals surface area contributed by atoms with Crippen molar-refractivity contribution < 1.29 is 17.9 Å². The fraction of sp³-hybridized carbons (Fsp3) is 0.318. The minimum atomic E-state index is -3.20. The predicted octanol–water partition coefficient (Wildman–Crippen LogP) is 3.47. The average Bonchev–Trinajstić information content (AvgIpc) is 3.54. The molecule has 154 valence electrons. The van der Waals surface area contributed by atoms with Gasteiger partial charge in [-0.25, -0.2) is 8.42 Å². The first-order chi connectivity index (χ1) is 13.9. The number of methoxy groups -OCH3 is 1. The van der Waals surface area contributed by atoms with Crippen LogP contribution in [-0.2, 0) is 16.4 Å². The molecule has 0 aromatic heterocycles. The van der Waals surface area contributed by atoms with Gasteiger partial charge in [0, 0.05) is 30.4 Å². The molecule has 1 saturated carbocycles. The first kappa shape index (κ1) is 20.9. The monoisotopic (exact) mass is 414 g/mol. The molecule has 1 amide bonds. The zero-order chi connectivity index (χ0) is 20.9. The summed E-state index contributed by atoms with van der Waals surface area (Å²) in [5.41, 5.74) is 3.57. The lowest BCUT2D eigenvalue weighted by molar-refractivity contribution is 0.0958. The van der Waals surface area contributed by atoms with Gasteiger partial charge in [0.1, 0.15) is 5.75 Å². The maximum absolute atomic E-state index is 12.6. The van der Waals surface area contributed by atoms with Crippen LogP contribution in [0.2, 0.25) is 0 Å². The van der Waals surface area contributed by atoms with Crippen LogP contribution in [0.25, 0.3) is 0 Å². The number of sulfone groups is 1. The molecule has 2 aromatic carbocycles. The van der Waals surface area contributed by atoms with Gasteiger partial charge in [-0.15, -0.1) is 0 Å². The number of hydrogen-bond donors (Lipinski definition) is 2. The van der Waals surface area contributed by atoms with E-state index in [-0.39, 0.29) is 12.5 Å². The summed E-state index contributed by atoms with van der Waals surface area (Å²) in [5.74, 6) is 1.10. The summed E-state index contributed by atoms with van der Waals surface area (Å²) in [7, 11) is -1.57. The van der Waals surface area contributed by atoms with Gasteiger partial charge < -0.3 is 15.4 Å². The van der Waals surface area contributed by atoms with Crippen molar-refractivity contribution in [3.63, 3.8) is 0 Å². The van der Waals surface area contributed by atoms with Gasteiger partial charge in [0.25, 0.3) is 5.91 Å². The predicted molar refractivity (Wildman–Crippen MR) is 115 cm³/mol. The van der Waals surface area contributed by atoms with E-state index in [4.69, 9.17) is 4.74 Å². The van der Waals surface area contributed by atoms with E-state index in [9.17, 15) is 13.2 Å². The highest BCUT2D eigenvalue weighted by atomic mass is 32.2. The molecule has 0 spiro atoms. The van der Waals surface area contributed by atoms with Crippen LogP contribution in [0.1, 0.15) is 40.2 Å². The average molecular weight is 415 g/mol. The lowest BCUT2D eigenvalue weighted by Crippen LogP contribution is -2.24. The molecule has 3 rings (SSSR count). The fourth-order valence-electron chi connectivity index (χ4n) is 3.03. The van der Waals surface area contributed by atoms with Crippen molar-refractivity contribution in [2.75, 3.05) is 25.2 Å². The number of rotatable bonds is 9. The SMILES string of the molecule is COc1cccc(CNc2cc(C3CC3)ccc2C(=O)NC/C=C/S(C)(=O)=O)c1. The van der Waals surface area contributed by atoms with Gasteiger partial charge >= 0.3 is 0 Å². The first-order valence-corrected chi connectivity index (χ1v) is 11.5. The molecule has 0 aliphatic heterocycles. The zero-order valence-electron chi connectivity index (χ0n) is 16.6. The van der Waals surface area contributed by atoms with Crippen molar-refractivity contribution in [1.82, 2.24) is 5.32 Å². The Morgan fingerprint density at radius 1 is 1.21 bits per heavy atom. The molecule has 1 fully saturated rings. The molecule has 29 heavy (non-hydrogen) atoms. The molecule has 0 saturated heterocycles. The van der Waals surface area contributed by atoms with Crippen LogP contribution in [0.3, 0.4) is 0 Å². The summed E-state index contributed by atoms with van der Waals surface area (Å²) in [6.45, 7) is 0.700. The van der Waals surface area contributed by atoms with E-state index in [1.165, 1.54) is 24.5 Å². The number of hydrogen-bond acceptors (Lipinski definition) is 5. The third-order valence-corrected chi connectivity index (χ3v) is 5.36. The van der Waals surface area contributed by atoms with Crippen LogP contribution >= 0.6 is 0 Å². The van der Waals surface area contributed by atoms with Gasteiger partial charge in [-0.05, 0) is 54.2 Å². The minimum Gasteiger partial charge on any atom is -0.497 e. The second-order valence-corrected chi connectivity index (χ2v) is 9.13. The van der Waals surface area contributed by atoms with Gasteiger partial charge in [0.15, 0.2) is 9.84 Å². The molecular formula is C22H26N2O4S. The van der Waals surface area contributed by atoms with Crippen molar-refractivity contribution in [3.05, 3.63) is 70.6 Å². The Morgan fingerprint density at radius 3 is 2.69 bits per heavy atom. The molecule has 0 radical (unpaired) electrons. The van der Waals surface area contributed by atoms with Crippen molar-refractivity contribution in [2.45, 2.75) is 25.3 Å². The Bertz CT molecular complexity index is 1010. The maximum Gasteiger partial charge on any atom is 0.253 e. The third kappa shape index (κ3) is 6.35. The minimum absolute atomic E-state index is 0.144. The largest absolute Gasteiger partial charge is 0.497 e. The van der Waals surface area contributed by atoms with Crippen LogP contribution < -0.4 is 15.4 Å². The molecule has 1 aliphatic rings. The highest BCUT2D eigenvalue weighted by molar-refractivity contribution is 7.93. The molecule has 0 unspecified atom stereocenters. The molecule has 1 aliphatic carbocycles. The molecule has 7 heteroatoms. The van der Waals surface area contributed by atoms with Gasteiger partial charge in [0.05, 0.1) is 12.7 Å². The summed E-state index contributed by atoms with van der Waals surface area (Å²) in [5, 5.41) is 7.20. The van der Waals surface area contributed by atoms with Crippen molar-refractivity contribution >= 4 is 21.4 Å². The van der Waals surface area contributed by atoms with E-state index >= 15 is 0 Å². The Kier molecular flexibility index (Phi) is 6.59. The Balaban J connectivity index is 1.73. The number of benzene rings is 2. The summed E-state index contributed by atoms with van der Waals surface area (Å²) in [6.07, 6.45) is 4.89. The van der Waals surface area contributed by atoms with Crippen LogP contribution in [-0.4, -0.2) is 34.2 Å². The topological polar surface area (TPSA) is 84.5 Å². The van der Waals surface area contributed by atoms with Crippen LogP contribution in [0.4, 0.5) is 5.69 Å². The van der Waals surface area contributed by atoms with E-state index in [1.54, 1.807) is 7.11 Å². The van der Waals surface area contributed by atoms with Gasteiger partial charge in [-0.2, -0.15) is 0 Å². The molecule has 0 bridgehead atoms. The van der Waals surface area contributed by atoms with Crippen LogP contribution in [0.5, 0.6) is 5.75 Å². The van der Waals surface area contributed by atoms with Gasteiger partial charge in [-0.3, -0.25) is 4.79 Å². The van der Waals surface area contributed by atoms with Crippen molar-refractivity contribution in [3.8, 4) is 5.75 Å². The number of anilines is 1. The second-order valence-electron chi connectivity index (χ2n) is 7.20. The quantitative estimate of drug-likeness (QED) is 0.656. The highest BCUT2D eigenvalue weighted by Gasteiger charge is 2.24. The summed E-state index contributed by atoms with van der Waals surface area (Å²) < 4.78 is 27.6. The van der Waals surface area contributed by atoms with Crippen molar-refractivity contribution in [2.24, 2.45) is 0 Å². The highest BCUT2D eigenvalue weighted by Crippen LogP contribution is 2.41. The Hall–Kier alpha value is -2.80. The summed E-state index contributed by atoms with van der Waals surface area (Å²) >= 11 is 0. The van der Waals surface area contributed by atoms with Crippen LogP contribution in [0.15, 0.2) is 53.9 Å². The molecule has 0 atom stereocenters. The van der Waals surface area contributed by atoms with Crippen molar-refractivity contribution in [1.29, 1.82) is 0 Å². The number of nitrogens with one attached hydrogen (secondary N) is 2. The van der Waals surface area contributed by atoms with Gasteiger partial charge in [-0.1, -0.05) is 24.3 Å². The molecule has 2 N–H and O–H groups in total. The van der Waals surface area contributed by atoms with Crippen LogP contribution in [0, 0.1) is 0 Å². The van der Waals surface area contributed by atoms with Gasteiger partial charge in [0.2, 0.25) is 0 Å². The standard InChI is InChI=1S/C22H26N2O4S/c1-28-19-6-3-5-16(13-19)15-24-21-14-18(17-7-8-17)9-10-20(21)22(25)23-11-4-12-29(2,26)27/h3-6,9-10,12-14,17,24H,7-8,11,15H2,1-2H3,(H,23,25)/b12-4+. The number of carbonyl (C=O) groups is 1. The molecule has 0 heterocycles. The summed E-state index contributed by atoms with van der Waals surface area (Å²) in [6, 6.07) is 13.6. The Morgan fingerprint density at radius 2 is 2.00 bits per heavy atom. The number of ether oxygens (including phenoxy) is 1. The molecular weight excluding hydrogens is 388 g/mol. The number of carbonyl (C=O) groups excluding carboxylic acids is 1. The zero-order valence-corrected chi connectivity index (χ0v) is 17.5. The lowest BCUT2D eigenvalue weighted by Gasteiger charge is -2.14. The third-order valence-electron chi connectivity index (χ3n) is 4.68. The molecule has 6 nitrogen and oxygen atoms in total. The summed E-state index contributed by atoms with van der Waals surface area (Å²) in [4.78, 5) is 12.6. The van der Waals surface area contributed by atoms with E-state index < -0.39 is 9.84 Å². The van der Waals surface area contributed by atoms with E-state index in [0.717, 1.165) is 28.7 Å². The molecule has 2 aromatic rings. The fourth-order valence-corrected chi connectivity index (χ4v) is 3.47. The van der Waals surface area contributed by atoms with E-state index in [2.05, 4.69) is 10.6 Å². The van der Waals surface area contributed by atoms with E-state index in [0.29, 0.717) is 18.0 Å². The first-order valence-electron chi connectivity index (χ1n) is 9.51. The second kappa shape index (κ2) is 9.13. The number of amides is 1. The lowest BCUT2D eigenvalue weighted by atomic mass is 10.0. The van der Waals surface area contributed by atoms with E-state index in [1.807, 2.05) is 42.5 Å². The Labute approximate surface area is 171 Å². The normalized spacial score (nSPS) is 14.0. The maximum atomic E-state index is 12.6. The smallest absolute Gasteiger partial charge is 0.253 e.